The molecule has 0 bridgehead atoms. The molecule has 0 unspecified atom stereocenters. The third kappa shape index (κ3) is 3.06. The molecule has 0 radical (unpaired) electrons. The molecule has 1 aromatic heterocycles. The van der Waals surface area contributed by atoms with Crippen molar-refractivity contribution >= 4 is 27.4 Å². The van der Waals surface area contributed by atoms with E-state index in [1.807, 2.05) is 6.07 Å². The van der Waals surface area contributed by atoms with Crippen LogP contribution < -0.4 is 5.32 Å². The maximum atomic E-state index is 13.7. The maximum absolute atomic E-state index is 13.7. The minimum absolute atomic E-state index is 0.219. The molecule has 0 fully saturated rings. The van der Waals surface area contributed by atoms with Gasteiger partial charge in [0.05, 0.1) is 11.6 Å². The molecule has 0 aliphatic heterocycles. The normalized spacial score (nSPS) is 10.1. The van der Waals surface area contributed by atoms with Gasteiger partial charge in [-0.25, -0.2) is 13.8 Å². The summed E-state index contributed by atoms with van der Waals surface area (Å²) >= 11 is 3.00. The number of pyridine rings is 1. The lowest BCUT2D eigenvalue weighted by molar-refractivity contribution is 0.589. The number of hydrogen-bond donors (Lipinski definition) is 1. The molecule has 3 nitrogen and oxygen atoms in total. The Hall–Kier alpha value is -2.00. The standard InChI is InChI=1S/C13H8BrF2N3/c1-7-2-8(6-17)3-12(18-7)19-13-10(15)4-9(14)5-11(13)16/h2-5H,1H3,(H,18,19). The van der Waals surface area contributed by atoms with Gasteiger partial charge in [-0.05, 0) is 31.2 Å². The molecule has 0 saturated heterocycles. The third-order valence-corrected chi connectivity index (χ3v) is 2.80. The average Bonchev–Trinajstić information content (AvgIpc) is 2.33. The summed E-state index contributed by atoms with van der Waals surface area (Å²) in [6.45, 7) is 1.69. The molecule has 0 amide bonds. The number of nitriles is 1. The Balaban J connectivity index is 2.42. The average molecular weight is 324 g/mol. The molecular weight excluding hydrogens is 316 g/mol. The van der Waals surface area contributed by atoms with Gasteiger partial charge in [0.1, 0.15) is 11.5 Å². The molecule has 2 aromatic rings. The first-order valence-electron chi connectivity index (χ1n) is 5.30. The second kappa shape index (κ2) is 5.33. The molecule has 1 aromatic carbocycles. The zero-order valence-corrected chi connectivity index (χ0v) is 11.4. The van der Waals surface area contributed by atoms with Gasteiger partial charge >= 0.3 is 0 Å². The van der Waals surface area contributed by atoms with Crippen molar-refractivity contribution in [3.8, 4) is 6.07 Å². The number of nitrogens with zero attached hydrogens (tertiary/aromatic N) is 2. The fourth-order valence-electron chi connectivity index (χ4n) is 1.59. The smallest absolute Gasteiger partial charge is 0.150 e. The van der Waals surface area contributed by atoms with Crippen molar-refractivity contribution in [3.63, 3.8) is 0 Å². The largest absolute Gasteiger partial charge is 0.335 e. The van der Waals surface area contributed by atoms with Gasteiger partial charge < -0.3 is 5.32 Å². The Bertz CT molecular complexity index is 657. The fraction of sp³-hybridized carbons (Fsp3) is 0.0769. The molecule has 6 heteroatoms. The number of rotatable bonds is 2. The van der Waals surface area contributed by atoms with Gasteiger partial charge in [0.25, 0.3) is 0 Å². The zero-order valence-electron chi connectivity index (χ0n) is 9.84. The lowest BCUT2D eigenvalue weighted by Crippen LogP contribution is -2.01. The molecule has 0 aliphatic carbocycles. The summed E-state index contributed by atoms with van der Waals surface area (Å²) in [6.07, 6.45) is 0. The van der Waals surface area contributed by atoms with E-state index in [1.54, 1.807) is 13.0 Å². The second-order valence-electron chi connectivity index (χ2n) is 3.86. The molecule has 1 N–H and O–H groups in total. The summed E-state index contributed by atoms with van der Waals surface area (Å²) in [5.74, 6) is -1.26. The highest BCUT2D eigenvalue weighted by atomic mass is 79.9. The van der Waals surface area contributed by atoms with E-state index in [4.69, 9.17) is 5.26 Å². The third-order valence-electron chi connectivity index (χ3n) is 2.34. The van der Waals surface area contributed by atoms with Crippen LogP contribution in [0.3, 0.4) is 0 Å². The predicted octanol–water partition coefficient (Wildman–Crippen LogP) is 4.05. The molecule has 1 heterocycles. The first-order valence-corrected chi connectivity index (χ1v) is 6.09. The van der Waals surface area contributed by atoms with Gasteiger partial charge in [-0.3, -0.25) is 0 Å². The number of nitrogens with one attached hydrogen (secondary N) is 1. The quantitative estimate of drug-likeness (QED) is 0.907. The van der Waals surface area contributed by atoms with E-state index in [2.05, 4.69) is 26.2 Å². The monoisotopic (exact) mass is 323 g/mol. The summed E-state index contributed by atoms with van der Waals surface area (Å²) < 4.78 is 27.6. The minimum Gasteiger partial charge on any atom is -0.335 e. The topological polar surface area (TPSA) is 48.7 Å². The van der Waals surface area contributed by atoms with Crippen LogP contribution in [0.5, 0.6) is 0 Å². The number of anilines is 2. The van der Waals surface area contributed by atoms with Gasteiger partial charge in [0.15, 0.2) is 11.6 Å². The highest BCUT2D eigenvalue weighted by molar-refractivity contribution is 9.10. The van der Waals surface area contributed by atoms with Crippen LogP contribution in [0, 0.1) is 29.9 Å². The maximum Gasteiger partial charge on any atom is 0.150 e. The zero-order chi connectivity index (χ0) is 14.0. The molecule has 2 rings (SSSR count). The van der Waals surface area contributed by atoms with Crippen molar-refractivity contribution in [2.45, 2.75) is 6.92 Å². The molecule has 0 spiro atoms. The van der Waals surface area contributed by atoms with Gasteiger partial charge in [-0.15, -0.1) is 0 Å². The molecular formula is C13H8BrF2N3. The minimum atomic E-state index is -0.742. The molecule has 96 valence electrons. The van der Waals surface area contributed by atoms with Crippen LogP contribution in [-0.4, -0.2) is 4.98 Å². The Morgan fingerprint density at radius 2 is 1.84 bits per heavy atom. The van der Waals surface area contributed by atoms with Crippen molar-refractivity contribution in [3.05, 3.63) is 51.6 Å². The van der Waals surface area contributed by atoms with Crippen LogP contribution in [0.2, 0.25) is 0 Å². The number of hydrogen-bond acceptors (Lipinski definition) is 3. The highest BCUT2D eigenvalue weighted by Gasteiger charge is 2.11. The Morgan fingerprint density at radius 1 is 1.21 bits per heavy atom. The van der Waals surface area contributed by atoms with Crippen molar-refractivity contribution in [2.24, 2.45) is 0 Å². The first-order chi connectivity index (χ1) is 8.99. The molecule has 19 heavy (non-hydrogen) atoms. The van der Waals surface area contributed by atoms with Crippen LogP contribution >= 0.6 is 15.9 Å². The number of aromatic nitrogens is 1. The lowest BCUT2D eigenvalue weighted by atomic mass is 10.2. The van der Waals surface area contributed by atoms with E-state index in [-0.39, 0.29) is 11.5 Å². The highest BCUT2D eigenvalue weighted by Crippen LogP contribution is 2.26. The van der Waals surface area contributed by atoms with E-state index in [9.17, 15) is 8.78 Å². The van der Waals surface area contributed by atoms with Gasteiger partial charge in [0.2, 0.25) is 0 Å². The van der Waals surface area contributed by atoms with Crippen LogP contribution in [0.4, 0.5) is 20.3 Å². The van der Waals surface area contributed by atoms with Crippen molar-refractivity contribution < 1.29 is 8.78 Å². The second-order valence-corrected chi connectivity index (χ2v) is 4.78. The van der Waals surface area contributed by atoms with Crippen LogP contribution in [0.1, 0.15) is 11.3 Å². The van der Waals surface area contributed by atoms with E-state index in [0.29, 0.717) is 15.7 Å². The van der Waals surface area contributed by atoms with Gasteiger partial charge in [-0.2, -0.15) is 5.26 Å². The molecule has 0 atom stereocenters. The number of benzene rings is 1. The SMILES string of the molecule is Cc1cc(C#N)cc(Nc2c(F)cc(Br)cc2F)n1. The van der Waals surface area contributed by atoms with Crippen molar-refractivity contribution in [2.75, 3.05) is 5.32 Å². The summed E-state index contributed by atoms with van der Waals surface area (Å²) in [7, 11) is 0. The Morgan fingerprint density at radius 3 is 2.42 bits per heavy atom. The van der Waals surface area contributed by atoms with Crippen molar-refractivity contribution in [1.82, 2.24) is 4.98 Å². The number of halogens is 3. The molecule has 0 saturated carbocycles. The van der Waals surface area contributed by atoms with Crippen LogP contribution in [0.25, 0.3) is 0 Å². The Labute approximate surface area is 117 Å². The van der Waals surface area contributed by atoms with Gasteiger partial charge in [0, 0.05) is 10.2 Å². The van der Waals surface area contributed by atoms with E-state index < -0.39 is 11.6 Å². The van der Waals surface area contributed by atoms with Crippen LogP contribution in [0.15, 0.2) is 28.7 Å². The fourth-order valence-corrected chi connectivity index (χ4v) is 1.99. The Kier molecular flexibility index (Phi) is 3.76. The van der Waals surface area contributed by atoms with Crippen molar-refractivity contribution in [1.29, 1.82) is 5.26 Å². The lowest BCUT2D eigenvalue weighted by Gasteiger charge is -2.09. The summed E-state index contributed by atoms with van der Waals surface area (Å²) in [6, 6.07) is 7.26. The summed E-state index contributed by atoms with van der Waals surface area (Å²) in [5.41, 5.74) is 0.651. The first kappa shape index (κ1) is 13.4. The van der Waals surface area contributed by atoms with E-state index >= 15 is 0 Å². The van der Waals surface area contributed by atoms with E-state index in [1.165, 1.54) is 6.07 Å². The predicted molar refractivity (Wildman–Crippen MR) is 71.0 cm³/mol. The molecule has 0 aliphatic rings. The van der Waals surface area contributed by atoms with Gasteiger partial charge in [-0.1, -0.05) is 15.9 Å². The van der Waals surface area contributed by atoms with Crippen LogP contribution in [-0.2, 0) is 0 Å². The number of aryl methyl sites for hydroxylation is 1. The summed E-state index contributed by atoms with van der Waals surface area (Å²) in [4.78, 5) is 4.07. The summed E-state index contributed by atoms with van der Waals surface area (Å²) in [5, 5.41) is 11.4. The van der Waals surface area contributed by atoms with E-state index in [0.717, 1.165) is 12.1 Å².